The summed E-state index contributed by atoms with van der Waals surface area (Å²) in [6.45, 7) is 0.557. The van der Waals surface area contributed by atoms with E-state index in [0.29, 0.717) is 18.5 Å². The molecule has 0 unspecified atom stereocenters. The summed E-state index contributed by atoms with van der Waals surface area (Å²) in [5.41, 5.74) is 0.545. The van der Waals surface area contributed by atoms with Crippen molar-refractivity contribution in [3.8, 4) is 0 Å². The molecule has 0 heterocycles. The second kappa shape index (κ2) is 7.75. The molecule has 0 saturated carbocycles. The molecule has 3 N–H and O–H groups in total. The average molecular weight is 314 g/mol. The molecular weight excluding hydrogens is 296 g/mol. The highest BCUT2D eigenvalue weighted by molar-refractivity contribution is 7.88. The molecule has 0 saturated heterocycles. The maximum absolute atomic E-state index is 11.7. The molecule has 0 aliphatic carbocycles. The van der Waals surface area contributed by atoms with E-state index >= 15 is 0 Å². The zero-order chi connectivity index (χ0) is 15.9. The Hall–Kier alpha value is -1.93. The molecule has 0 bridgehead atoms. The zero-order valence-corrected chi connectivity index (χ0v) is 12.4. The number of carboxylic acids is 1. The Morgan fingerprint density at radius 3 is 2.48 bits per heavy atom. The van der Waals surface area contributed by atoms with Gasteiger partial charge in [-0.1, -0.05) is 18.2 Å². The highest BCUT2D eigenvalue weighted by atomic mass is 32.2. The summed E-state index contributed by atoms with van der Waals surface area (Å²) in [5, 5.41) is 11.6. The van der Waals surface area contributed by atoms with Gasteiger partial charge < -0.3 is 10.4 Å². The third-order valence-corrected chi connectivity index (χ3v) is 3.37. The van der Waals surface area contributed by atoms with Gasteiger partial charge in [0, 0.05) is 13.1 Å². The maximum Gasteiger partial charge on any atom is 0.335 e. The van der Waals surface area contributed by atoms with Crippen LogP contribution in [-0.4, -0.2) is 44.7 Å². The van der Waals surface area contributed by atoms with Gasteiger partial charge in [0.05, 0.1) is 18.2 Å². The number of carbonyl (C=O) groups excluding carboxylic acids is 1. The number of aromatic carboxylic acids is 1. The Balaban J connectivity index is 2.39. The number of rotatable bonds is 8. The standard InChI is InChI=1S/C13H18N2O5S/c1-21(19,20)15-8-4-7-14-12(16)9-10-5-2-3-6-11(10)13(17)18/h2-3,5-6,15H,4,7-9H2,1H3,(H,14,16)(H,17,18). The molecule has 0 fully saturated rings. The first-order valence-electron chi connectivity index (χ1n) is 6.32. The molecule has 21 heavy (non-hydrogen) atoms. The van der Waals surface area contributed by atoms with Crippen molar-refractivity contribution >= 4 is 21.9 Å². The minimum absolute atomic E-state index is 0.0258. The van der Waals surface area contributed by atoms with Crippen LogP contribution < -0.4 is 10.0 Å². The highest BCUT2D eigenvalue weighted by Crippen LogP contribution is 2.09. The van der Waals surface area contributed by atoms with Crippen LogP contribution >= 0.6 is 0 Å². The van der Waals surface area contributed by atoms with E-state index in [1.807, 2.05) is 0 Å². The first kappa shape index (κ1) is 17.1. The Morgan fingerprint density at radius 2 is 1.86 bits per heavy atom. The van der Waals surface area contributed by atoms with Crippen molar-refractivity contribution in [1.29, 1.82) is 0 Å². The second-order valence-electron chi connectivity index (χ2n) is 4.51. The highest BCUT2D eigenvalue weighted by Gasteiger charge is 2.12. The van der Waals surface area contributed by atoms with E-state index in [4.69, 9.17) is 5.11 Å². The zero-order valence-electron chi connectivity index (χ0n) is 11.6. The SMILES string of the molecule is CS(=O)(=O)NCCCNC(=O)Cc1ccccc1C(=O)O. The molecule has 1 aromatic rings. The molecule has 0 atom stereocenters. The second-order valence-corrected chi connectivity index (χ2v) is 6.34. The Kier molecular flexibility index (Phi) is 6.32. The van der Waals surface area contributed by atoms with Gasteiger partial charge in [0.25, 0.3) is 0 Å². The lowest BCUT2D eigenvalue weighted by Gasteiger charge is -2.07. The number of carbonyl (C=O) groups is 2. The van der Waals surface area contributed by atoms with Crippen molar-refractivity contribution in [2.24, 2.45) is 0 Å². The molecule has 0 aliphatic rings. The molecule has 116 valence electrons. The molecule has 0 radical (unpaired) electrons. The molecule has 1 rings (SSSR count). The quantitative estimate of drug-likeness (QED) is 0.584. The number of carboxylic acid groups (broad SMARTS) is 1. The first-order chi connectivity index (χ1) is 9.79. The van der Waals surface area contributed by atoms with Crippen LogP contribution in [0, 0.1) is 0 Å². The predicted octanol–water partition coefficient (Wildman–Crippen LogP) is -0.0172. The van der Waals surface area contributed by atoms with E-state index < -0.39 is 16.0 Å². The van der Waals surface area contributed by atoms with E-state index in [0.717, 1.165) is 6.26 Å². The average Bonchev–Trinajstić information content (AvgIpc) is 2.37. The summed E-state index contributed by atoms with van der Waals surface area (Å²) in [4.78, 5) is 22.7. The largest absolute Gasteiger partial charge is 0.478 e. The monoisotopic (exact) mass is 314 g/mol. The predicted molar refractivity (Wildman–Crippen MR) is 77.6 cm³/mol. The lowest BCUT2D eigenvalue weighted by atomic mass is 10.0. The Morgan fingerprint density at radius 1 is 1.19 bits per heavy atom. The first-order valence-corrected chi connectivity index (χ1v) is 8.21. The minimum Gasteiger partial charge on any atom is -0.478 e. The number of nitrogens with one attached hydrogen (secondary N) is 2. The Labute approximate surface area is 123 Å². The summed E-state index contributed by atoms with van der Waals surface area (Å²) in [7, 11) is -3.22. The van der Waals surface area contributed by atoms with Crippen LogP contribution in [-0.2, 0) is 21.2 Å². The van der Waals surface area contributed by atoms with E-state index in [2.05, 4.69) is 10.0 Å². The van der Waals surface area contributed by atoms with Crippen molar-refractivity contribution in [1.82, 2.24) is 10.0 Å². The molecule has 7 nitrogen and oxygen atoms in total. The van der Waals surface area contributed by atoms with E-state index in [-0.39, 0.29) is 24.4 Å². The van der Waals surface area contributed by atoms with Gasteiger partial charge in [0.2, 0.25) is 15.9 Å². The van der Waals surface area contributed by atoms with Crippen molar-refractivity contribution in [2.75, 3.05) is 19.3 Å². The van der Waals surface area contributed by atoms with Gasteiger partial charge in [0.15, 0.2) is 0 Å². The van der Waals surface area contributed by atoms with Crippen molar-refractivity contribution in [3.05, 3.63) is 35.4 Å². The summed E-state index contributed by atoms with van der Waals surface area (Å²) in [6, 6.07) is 6.31. The molecule has 0 aliphatic heterocycles. The summed E-state index contributed by atoms with van der Waals surface area (Å²) >= 11 is 0. The summed E-state index contributed by atoms with van der Waals surface area (Å²) < 4.78 is 23.9. The van der Waals surface area contributed by atoms with E-state index in [1.165, 1.54) is 6.07 Å². The fraction of sp³-hybridized carbons (Fsp3) is 0.385. The molecular formula is C13H18N2O5S. The third-order valence-electron chi connectivity index (χ3n) is 2.64. The van der Waals surface area contributed by atoms with Gasteiger partial charge in [-0.2, -0.15) is 0 Å². The number of amides is 1. The van der Waals surface area contributed by atoms with Crippen LogP contribution in [0.1, 0.15) is 22.3 Å². The number of hydrogen-bond acceptors (Lipinski definition) is 4. The number of hydrogen-bond donors (Lipinski definition) is 3. The third kappa shape index (κ3) is 6.87. The molecule has 8 heteroatoms. The molecule has 1 amide bonds. The minimum atomic E-state index is -3.22. The van der Waals surface area contributed by atoms with Gasteiger partial charge in [-0.25, -0.2) is 17.9 Å². The summed E-state index contributed by atoms with van der Waals surface area (Å²) in [6.07, 6.45) is 1.50. The maximum atomic E-state index is 11.7. The van der Waals surface area contributed by atoms with Crippen molar-refractivity contribution in [3.63, 3.8) is 0 Å². The van der Waals surface area contributed by atoms with Gasteiger partial charge in [-0.15, -0.1) is 0 Å². The molecule has 1 aromatic carbocycles. The normalized spacial score (nSPS) is 11.1. The summed E-state index contributed by atoms with van der Waals surface area (Å²) in [5.74, 6) is -1.38. The Bertz CT molecular complexity index is 613. The fourth-order valence-electron chi connectivity index (χ4n) is 1.69. The van der Waals surface area contributed by atoms with Gasteiger partial charge in [-0.05, 0) is 18.1 Å². The van der Waals surface area contributed by atoms with Crippen LogP contribution in [0.15, 0.2) is 24.3 Å². The van der Waals surface area contributed by atoms with Crippen LogP contribution in [0.5, 0.6) is 0 Å². The smallest absolute Gasteiger partial charge is 0.335 e. The fourth-order valence-corrected chi connectivity index (χ4v) is 2.21. The van der Waals surface area contributed by atoms with Crippen molar-refractivity contribution < 1.29 is 23.1 Å². The van der Waals surface area contributed by atoms with E-state index in [1.54, 1.807) is 18.2 Å². The lowest BCUT2D eigenvalue weighted by Crippen LogP contribution is -2.30. The van der Waals surface area contributed by atoms with E-state index in [9.17, 15) is 18.0 Å². The lowest BCUT2D eigenvalue weighted by molar-refractivity contribution is -0.120. The van der Waals surface area contributed by atoms with Gasteiger partial charge in [-0.3, -0.25) is 4.79 Å². The van der Waals surface area contributed by atoms with Gasteiger partial charge in [0.1, 0.15) is 0 Å². The van der Waals surface area contributed by atoms with Crippen LogP contribution in [0.3, 0.4) is 0 Å². The number of benzene rings is 1. The topological polar surface area (TPSA) is 113 Å². The number of sulfonamides is 1. The van der Waals surface area contributed by atoms with Crippen LogP contribution in [0.2, 0.25) is 0 Å². The van der Waals surface area contributed by atoms with Gasteiger partial charge >= 0.3 is 5.97 Å². The molecule has 0 aromatic heterocycles. The molecule has 0 spiro atoms. The van der Waals surface area contributed by atoms with Crippen LogP contribution in [0.25, 0.3) is 0 Å². The van der Waals surface area contributed by atoms with Crippen LogP contribution in [0.4, 0.5) is 0 Å². The van der Waals surface area contributed by atoms with Crippen molar-refractivity contribution in [2.45, 2.75) is 12.8 Å².